The fourth-order valence-corrected chi connectivity index (χ4v) is 5.40. The molecule has 0 aliphatic carbocycles. The monoisotopic (exact) mass is 525 g/mol. The van der Waals surface area contributed by atoms with E-state index in [4.69, 9.17) is 11.6 Å². The molecule has 0 unspecified atom stereocenters. The predicted molar refractivity (Wildman–Crippen MR) is 141 cm³/mol. The molecule has 0 amide bonds. The maximum absolute atomic E-state index is 12.6. The van der Waals surface area contributed by atoms with Crippen LogP contribution in [-0.4, -0.2) is 35.6 Å². The van der Waals surface area contributed by atoms with Crippen LogP contribution in [0, 0.1) is 0 Å². The molecule has 2 N–H and O–H groups in total. The number of nitrogens with zero attached hydrogens (tertiary/aromatic N) is 2. The highest BCUT2D eigenvalue weighted by Crippen LogP contribution is 2.25. The number of aryl methyl sites for hydroxylation is 2. The number of sulfonamides is 1. The van der Waals surface area contributed by atoms with Crippen molar-refractivity contribution in [3.63, 3.8) is 0 Å². The van der Waals surface area contributed by atoms with E-state index in [0.29, 0.717) is 11.4 Å². The van der Waals surface area contributed by atoms with Crippen LogP contribution in [0.25, 0.3) is 10.9 Å². The zero-order valence-electron chi connectivity index (χ0n) is 19.7. The molecule has 2 aromatic heterocycles. The molecule has 2 heterocycles. The average Bonchev–Trinajstić information content (AvgIpc) is 3.21. The van der Waals surface area contributed by atoms with E-state index in [9.17, 15) is 18.3 Å². The van der Waals surface area contributed by atoms with Crippen LogP contribution >= 0.6 is 11.6 Å². The molecule has 0 saturated carbocycles. The number of fused-ring (bicyclic) bond motifs is 1. The number of carboxylic acid groups (broad SMARTS) is 1. The third kappa shape index (κ3) is 6.51. The van der Waals surface area contributed by atoms with E-state index < -0.39 is 16.0 Å². The maximum Gasteiger partial charge on any atom is 0.335 e. The van der Waals surface area contributed by atoms with Gasteiger partial charge in [0.2, 0.25) is 10.0 Å². The molecule has 188 valence electrons. The van der Waals surface area contributed by atoms with Gasteiger partial charge in [-0.1, -0.05) is 24.1 Å². The molecular formula is C27H28ClN3O4S. The fourth-order valence-electron chi connectivity index (χ4n) is 4.24. The molecule has 36 heavy (non-hydrogen) atoms. The summed E-state index contributed by atoms with van der Waals surface area (Å²) in [5.41, 5.74) is 3.29. The van der Waals surface area contributed by atoms with Gasteiger partial charge >= 0.3 is 5.97 Å². The zero-order chi connectivity index (χ0) is 25.5. The Kier molecular flexibility index (Phi) is 8.40. The van der Waals surface area contributed by atoms with E-state index >= 15 is 0 Å². The standard InChI is InChI=1S/C27H28ClN3O4S/c28-23-8-10-24(11-9-23)36(34,35)30-15-13-22-19-31(26-12-7-21(27(32)33)17-25(22)26)16-3-1-2-5-20-6-4-14-29-18-20/h4,6-12,14,17-19,30H,1-3,5,13,15-16H2,(H,32,33). The van der Waals surface area contributed by atoms with Crippen molar-refractivity contribution in [1.82, 2.24) is 14.3 Å². The summed E-state index contributed by atoms with van der Waals surface area (Å²) in [6, 6.07) is 15.1. The topological polar surface area (TPSA) is 101 Å². The lowest BCUT2D eigenvalue weighted by Gasteiger charge is -2.07. The summed E-state index contributed by atoms with van der Waals surface area (Å²) >= 11 is 5.86. The van der Waals surface area contributed by atoms with Gasteiger partial charge in [0.15, 0.2) is 0 Å². The van der Waals surface area contributed by atoms with Crippen molar-refractivity contribution < 1.29 is 18.3 Å². The lowest BCUT2D eigenvalue weighted by Crippen LogP contribution is -2.25. The number of benzene rings is 2. The number of aromatic carboxylic acids is 1. The SMILES string of the molecule is O=C(O)c1ccc2c(c1)c(CCNS(=O)(=O)c1ccc(Cl)cc1)cn2CCCCCc1cccnc1. The van der Waals surface area contributed by atoms with Crippen LogP contribution in [0.1, 0.15) is 40.7 Å². The van der Waals surface area contributed by atoms with E-state index in [2.05, 4.69) is 20.3 Å². The fraction of sp³-hybridized carbons (Fsp3) is 0.259. The second-order valence-electron chi connectivity index (χ2n) is 8.66. The summed E-state index contributed by atoms with van der Waals surface area (Å²) in [5, 5.41) is 10.7. The van der Waals surface area contributed by atoms with Gasteiger partial charge in [-0.25, -0.2) is 17.9 Å². The average molecular weight is 526 g/mol. The number of carboxylic acids is 1. The second-order valence-corrected chi connectivity index (χ2v) is 10.9. The van der Waals surface area contributed by atoms with E-state index in [1.165, 1.54) is 29.8 Å². The van der Waals surface area contributed by atoms with Crippen LogP contribution in [0.4, 0.5) is 0 Å². The Bertz CT molecular complexity index is 1440. The molecule has 0 saturated heterocycles. The summed E-state index contributed by atoms with van der Waals surface area (Å²) in [6.07, 6.45) is 10.2. The van der Waals surface area contributed by atoms with Crippen molar-refractivity contribution >= 4 is 38.5 Å². The van der Waals surface area contributed by atoms with E-state index in [1.807, 2.05) is 24.5 Å². The first-order chi connectivity index (χ1) is 17.3. The molecule has 4 rings (SSSR count). The number of unbranched alkanes of at least 4 members (excludes halogenated alkanes) is 2. The molecule has 0 fully saturated rings. The van der Waals surface area contributed by atoms with Gasteiger partial charge in [-0.15, -0.1) is 0 Å². The molecule has 0 radical (unpaired) electrons. The van der Waals surface area contributed by atoms with Gasteiger partial charge in [0.25, 0.3) is 0 Å². The number of hydrogen-bond acceptors (Lipinski definition) is 4. The molecule has 4 aromatic rings. The number of nitrogens with one attached hydrogen (secondary N) is 1. The highest BCUT2D eigenvalue weighted by atomic mass is 35.5. The number of carbonyl (C=O) groups is 1. The van der Waals surface area contributed by atoms with Crippen LogP contribution in [0.15, 0.2) is 78.1 Å². The minimum atomic E-state index is -3.67. The molecule has 2 aromatic carbocycles. The maximum atomic E-state index is 12.6. The molecular weight excluding hydrogens is 498 g/mol. The van der Waals surface area contributed by atoms with Crippen molar-refractivity contribution in [1.29, 1.82) is 0 Å². The lowest BCUT2D eigenvalue weighted by molar-refractivity contribution is 0.0697. The number of pyridine rings is 1. The summed E-state index contributed by atoms with van der Waals surface area (Å²) in [7, 11) is -3.67. The quantitative estimate of drug-likeness (QED) is 0.244. The Balaban J connectivity index is 1.43. The Morgan fingerprint density at radius 1 is 1.03 bits per heavy atom. The van der Waals surface area contributed by atoms with Gasteiger partial charge in [-0.05, 0) is 85.3 Å². The highest BCUT2D eigenvalue weighted by molar-refractivity contribution is 7.89. The van der Waals surface area contributed by atoms with Crippen molar-refractivity contribution in [3.05, 3.63) is 94.9 Å². The minimum absolute atomic E-state index is 0.147. The van der Waals surface area contributed by atoms with Crippen LogP contribution in [0.3, 0.4) is 0 Å². The van der Waals surface area contributed by atoms with Crippen molar-refractivity contribution in [2.75, 3.05) is 6.54 Å². The van der Waals surface area contributed by atoms with Crippen LogP contribution in [0.5, 0.6) is 0 Å². The van der Waals surface area contributed by atoms with Gasteiger partial charge in [-0.3, -0.25) is 4.98 Å². The van der Waals surface area contributed by atoms with Gasteiger partial charge in [-0.2, -0.15) is 0 Å². The van der Waals surface area contributed by atoms with Gasteiger partial charge in [0.05, 0.1) is 10.5 Å². The third-order valence-electron chi connectivity index (χ3n) is 6.11. The normalized spacial score (nSPS) is 11.7. The van der Waals surface area contributed by atoms with Crippen LogP contribution < -0.4 is 4.72 Å². The largest absolute Gasteiger partial charge is 0.478 e. The Labute approximate surface area is 215 Å². The first kappa shape index (κ1) is 25.9. The summed E-state index contributed by atoms with van der Waals surface area (Å²) in [4.78, 5) is 15.8. The highest BCUT2D eigenvalue weighted by Gasteiger charge is 2.16. The van der Waals surface area contributed by atoms with Crippen LogP contribution in [-0.2, 0) is 29.4 Å². The van der Waals surface area contributed by atoms with Gasteiger partial charge in [0.1, 0.15) is 0 Å². The first-order valence-electron chi connectivity index (χ1n) is 11.8. The number of rotatable bonds is 12. The molecule has 7 nitrogen and oxygen atoms in total. The first-order valence-corrected chi connectivity index (χ1v) is 13.7. The summed E-state index contributed by atoms with van der Waals surface area (Å²) < 4.78 is 30.0. The Morgan fingerprint density at radius 2 is 1.83 bits per heavy atom. The van der Waals surface area contributed by atoms with Crippen molar-refractivity contribution in [2.45, 2.75) is 43.5 Å². The molecule has 0 spiro atoms. The van der Waals surface area contributed by atoms with E-state index in [-0.39, 0.29) is 17.0 Å². The van der Waals surface area contributed by atoms with E-state index in [0.717, 1.165) is 48.7 Å². The predicted octanol–water partition coefficient (Wildman–Crippen LogP) is 5.32. The molecule has 0 bridgehead atoms. The summed E-state index contributed by atoms with van der Waals surface area (Å²) in [6.45, 7) is 0.985. The second kappa shape index (κ2) is 11.7. The molecule has 0 aliphatic heterocycles. The summed E-state index contributed by atoms with van der Waals surface area (Å²) in [5.74, 6) is -0.991. The lowest BCUT2D eigenvalue weighted by atomic mass is 10.1. The number of halogens is 1. The zero-order valence-corrected chi connectivity index (χ0v) is 21.3. The van der Waals surface area contributed by atoms with Crippen molar-refractivity contribution in [2.24, 2.45) is 0 Å². The van der Waals surface area contributed by atoms with Crippen LogP contribution in [0.2, 0.25) is 5.02 Å². The molecule has 9 heteroatoms. The van der Waals surface area contributed by atoms with Gasteiger partial charge in [0, 0.05) is 47.6 Å². The van der Waals surface area contributed by atoms with Gasteiger partial charge < -0.3 is 9.67 Å². The molecule has 0 atom stereocenters. The van der Waals surface area contributed by atoms with E-state index in [1.54, 1.807) is 18.3 Å². The number of hydrogen-bond donors (Lipinski definition) is 2. The minimum Gasteiger partial charge on any atom is -0.478 e. The smallest absolute Gasteiger partial charge is 0.335 e. The Hall–Kier alpha value is -3.20. The number of aromatic nitrogens is 2. The third-order valence-corrected chi connectivity index (χ3v) is 7.84. The molecule has 0 aliphatic rings. The van der Waals surface area contributed by atoms with Crippen molar-refractivity contribution in [3.8, 4) is 0 Å². The Morgan fingerprint density at radius 3 is 2.56 bits per heavy atom.